The summed E-state index contributed by atoms with van der Waals surface area (Å²) in [5.41, 5.74) is 3.38. The Morgan fingerprint density at radius 2 is 1.31 bits per heavy atom. The Morgan fingerprint density at radius 3 is 2.00 bits per heavy atom. The Morgan fingerprint density at radius 1 is 0.719 bits per heavy atom. The van der Waals surface area contributed by atoms with Gasteiger partial charge in [-0.3, -0.25) is 0 Å². The van der Waals surface area contributed by atoms with Crippen LogP contribution in [0.15, 0.2) is 123 Å². The first-order chi connectivity index (χ1) is 15.7. The van der Waals surface area contributed by atoms with Crippen molar-refractivity contribution < 1.29 is 5.11 Å². The fraction of sp³-hybridized carbons (Fsp3) is 0.111. The average molecular weight is 472 g/mol. The van der Waals surface area contributed by atoms with Gasteiger partial charge in [-0.25, -0.2) is 0 Å². The van der Waals surface area contributed by atoms with Gasteiger partial charge in [0.15, 0.2) is 0 Å². The van der Waals surface area contributed by atoms with Crippen LogP contribution in [0.5, 0.6) is 0 Å². The third-order valence-electron chi connectivity index (χ3n) is 5.83. The number of hydrogen-bond acceptors (Lipinski definition) is 5. The summed E-state index contributed by atoms with van der Waals surface area (Å²) < 4.78 is -0.510. The van der Waals surface area contributed by atoms with Crippen LogP contribution < -0.4 is 4.90 Å². The zero-order chi connectivity index (χ0) is 21.5. The summed E-state index contributed by atoms with van der Waals surface area (Å²) >= 11 is 5.33. The van der Waals surface area contributed by atoms with Gasteiger partial charge in [0.05, 0.1) is 17.9 Å². The maximum atomic E-state index is 11.9. The molecule has 2 aliphatic heterocycles. The van der Waals surface area contributed by atoms with E-state index in [1.165, 1.54) is 15.5 Å². The molecule has 158 valence electrons. The van der Waals surface area contributed by atoms with E-state index in [1.807, 2.05) is 12.1 Å². The highest BCUT2D eigenvalue weighted by Crippen LogP contribution is 2.62. The molecule has 2 heterocycles. The van der Waals surface area contributed by atoms with E-state index in [0.717, 1.165) is 21.0 Å². The van der Waals surface area contributed by atoms with E-state index in [2.05, 4.69) is 95.9 Å². The molecule has 4 aromatic carbocycles. The second kappa shape index (κ2) is 8.23. The maximum absolute atomic E-state index is 11.9. The van der Waals surface area contributed by atoms with Crippen molar-refractivity contribution in [2.24, 2.45) is 0 Å². The molecule has 1 N–H and O–H groups in total. The lowest BCUT2D eigenvalue weighted by Gasteiger charge is -2.49. The van der Waals surface area contributed by atoms with Gasteiger partial charge >= 0.3 is 0 Å². The van der Waals surface area contributed by atoms with Crippen LogP contribution in [-0.4, -0.2) is 15.7 Å². The van der Waals surface area contributed by atoms with E-state index in [0.29, 0.717) is 6.54 Å². The molecule has 0 saturated carbocycles. The summed E-state index contributed by atoms with van der Waals surface area (Å²) in [6, 6.07) is 35.8. The van der Waals surface area contributed by atoms with Crippen LogP contribution in [-0.2, 0) is 0 Å². The molecular formula is C27H21NOS3. The lowest BCUT2D eigenvalue weighted by Crippen LogP contribution is -2.46. The molecule has 1 atom stereocenters. The number of hydrogen-bond donors (Lipinski definition) is 1. The maximum Gasteiger partial charge on any atom is 0.118 e. The van der Waals surface area contributed by atoms with Gasteiger partial charge in [-0.1, -0.05) is 72.4 Å². The van der Waals surface area contributed by atoms with Crippen LogP contribution in [0, 0.1) is 0 Å². The Kier molecular flexibility index (Phi) is 5.22. The molecular weight excluding hydrogens is 451 g/mol. The number of aliphatic hydroxyl groups is 1. The predicted molar refractivity (Wildman–Crippen MR) is 136 cm³/mol. The van der Waals surface area contributed by atoms with Gasteiger partial charge < -0.3 is 10.0 Å². The molecule has 2 aliphatic rings. The minimum absolute atomic E-state index is 0.510. The third-order valence-corrected chi connectivity index (χ3v) is 9.86. The van der Waals surface area contributed by atoms with E-state index < -0.39 is 10.2 Å². The molecule has 0 radical (unpaired) electrons. The fourth-order valence-electron chi connectivity index (χ4n) is 4.42. The van der Waals surface area contributed by atoms with E-state index >= 15 is 0 Å². The molecule has 32 heavy (non-hydrogen) atoms. The second-order valence-corrected chi connectivity index (χ2v) is 12.0. The van der Waals surface area contributed by atoms with E-state index in [4.69, 9.17) is 0 Å². The van der Waals surface area contributed by atoms with E-state index in [-0.39, 0.29) is 0 Å². The summed E-state index contributed by atoms with van der Waals surface area (Å²) in [7, 11) is 0. The molecule has 0 aliphatic carbocycles. The molecule has 4 aromatic rings. The number of benzene rings is 4. The van der Waals surface area contributed by atoms with Crippen molar-refractivity contribution >= 4 is 46.7 Å². The summed E-state index contributed by atoms with van der Waals surface area (Å²) in [6.07, 6.45) is -0.616. The van der Waals surface area contributed by atoms with Crippen LogP contribution in [0.1, 0.15) is 11.7 Å². The SMILES string of the molecule is OC1c2cccc3c2N(CC1(Sc1ccccc1)Sc1ccccc1)c1ccccc1S3. The van der Waals surface area contributed by atoms with E-state index in [1.54, 1.807) is 35.3 Å². The molecule has 5 heteroatoms. The molecule has 6 rings (SSSR count). The second-order valence-electron chi connectivity index (χ2n) is 7.89. The van der Waals surface area contributed by atoms with Crippen molar-refractivity contribution in [3.63, 3.8) is 0 Å². The molecule has 0 aromatic heterocycles. The fourth-order valence-corrected chi connectivity index (χ4v) is 8.55. The lowest BCUT2D eigenvalue weighted by molar-refractivity contribution is 0.160. The van der Waals surface area contributed by atoms with Gasteiger partial charge in [-0.05, 0) is 42.5 Å². The van der Waals surface area contributed by atoms with Gasteiger partial charge in [-0.15, -0.1) is 23.5 Å². The zero-order valence-corrected chi connectivity index (χ0v) is 19.7. The Balaban J connectivity index is 1.53. The average Bonchev–Trinajstić information content (AvgIpc) is 2.83. The van der Waals surface area contributed by atoms with Gasteiger partial charge in [0.1, 0.15) is 10.2 Å². The van der Waals surface area contributed by atoms with Crippen molar-refractivity contribution in [1.82, 2.24) is 0 Å². The quantitative estimate of drug-likeness (QED) is 0.309. The number of anilines is 2. The topological polar surface area (TPSA) is 23.5 Å². The Bertz CT molecular complexity index is 1220. The van der Waals surface area contributed by atoms with E-state index in [9.17, 15) is 5.11 Å². The molecule has 2 nitrogen and oxygen atoms in total. The van der Waals surface area contributed by atoms with Crippen LogP contribution in [0.25, 0.3) is 0 Å². The summed E-state index contributed by atoms with van der Waals surface area (Å²) in [5.74, 6) is 0. The summed E-state index contributed by atoms with van der Waals surface area (Å²) in [5, 5.41) is 11.9. The first-order valence-corrected chi connectivity index (χ1v) is 13.0. The number of para-hydroxylation sites is 2. The van der Waals surface area contributed by atoms with Crippen LogP contribution in [0.4, 0.5) is 11.4 Å². The normalized spacial score (nSPS) is 18.0. The summed E-state index contributed by atoms with van der Waals surface area (Å²) in [6.45, 7) is 0.703. The minimum atomic E-state index is -0.616. The largest absolute Gasteiger partial charge is 0.386 e. The first-order valence-electron chi connectivity index (χ1n) is 10.6. The summed E-state index contributed by atoms with van der Waals surface area (Å²) in [4.78, 5) is 7.22. The highest BCUT2D eigenvalue weighted by Gasteiger charge is 2.49. The standard InChI is InChI=1S/C27H21NOS3/c29-26-21-14-9-17-24-25(21)28(22-15-7-8-16-23(22)30-24)18-27(26,31-19-10-3-1-4-11-19)32-20-12-5-2-6-13-20/h1-17,26,29H,18H2. The Hall–Kier alpha value is -2.31. The van der Waals surface area contributed by atoms with Gasteiger partial charge in [-0.2, -0.15) is 0 Å². The predicted octanol–water partition coefficient (Wildman–Crippen LogP) is 7.62. The van der Waals surface area contributed by atoms with Crippen molar-refractivity contribution in [3.8, 4) is 0 Å². The van der Waals surface area contributed by atoms with Crippen molar-refractivity contribution in [2.75, 3.05) is 11.4 Å². The smallest absolute Gasteiger partial charge is 0.118 e. The lowest BCUT2D eigenvalue weighted by atomic mass is 9.97. The van der Waals surface area contributed by atoms with Crippen molar-refractivity contribution in [3.05, 3.63) is 109 Å². The van der Waals surface area contributed by atoms with Crippen LogP contribution >= 0.6 is 35.3 Å². The molecule has 0 fully saturated rings. The monoisotopic (exact) mass is 471 g/mol. The van der Waals surface area contributed by atoms with Gasteiger partial charge in [0.25, 0.3) is 0 Å². The molecule has 0 spiro atoms. The zero-order valence-electron chi connectivity index (χ0n) is 17.2. The number of thioether (sulfide) groups is 2. The van der Waals surface area contributed by atoms with Gasteiger partial charge in [0.2, 0.25) is 0 Å². The highest BCUT2D eigenvalue weighted by molar-refractivity contribution is 8.18. The highest BCUT2D eigenvalue weighted by atomic mass is 32.2. The van der Waals surface area contributed by atoms with Crippen LogP contribution in [0.2, 0.25) is 0 Å². The van der Waals surface area contributed by atoms with Crippen molar-refractivity contribution in [1.29, 1.82) is 0 Å². The third kappa shape index (κ3) is 3.44. The molecule has 1 unspecified atom stereocenters. The van der Waals surface area contributed by atoms with Crippen LogP contribution in [0.3, 0.4) is 0 Å². The number of nitrogens with zero attached hydrogens (tertiary/aromatic N) is 1. The first kappa shape index (κ1) is 20.3. The number of aliphatic hydroxyl groups excluding tert-OH is 1. The molecule has 0 amide bonds. The minimum Gasteiger partial charge on any atom is -0.386 e. The number of fused-ring (bicyclic) bond motifs is 2. The van der Waals surface area contributed by atoms with Crippen molar-refractivity contribution in [2.45, 2.75) is 29.8 Å². The molecule has 0 saturated heterocycles. The Labute approximate surface area is 201 Å². The number of rotatable bonds is 4. The molecule has 0 bridgehead atoms. The van der Waals surface area contributed by atoms with Gasteiger partial charge in [0, 0.05) is 25.1 Å².